The average Bonchev–Trinajstić information content (AvgIpc) is 3.09. The zero-order valence-corrected chi connectivity index (χ0v) is 17.3. The summed E-state index contributed by atoms with van der Waals surface area (Å²) in [5.41, 5.74) is -4.10. The maximum atomic E-state index is 13.6. The molecule has 0 saturated carbocycles. The summed E-state index contributed by atoms with van der Waals surface area (Å²) in [7, 11) is 3.17. The normalized spacial score (nSPS) is 14.5. The van der Waals surface area contributed by atoms with Gasteiger partial charge in [-0.2, -0.15) is 26.3 Å². The molecular weight excluding hydrogens is 426 g/mol. The summed E-state index contributed by atoms with van der Waals surface area (Å²) >= 11 is 0. The van der Waals surface area contributed by atoms with Gasteiger partial charge >= 0.3 is 12.4 Å². The first-order chi connectivity index (χ1) is 14.1. The van der Waals surface area contributed by atoms with Gasteiger partial charge in [0.2, 0.25) is 0 Å². The Balaban J connectivity index is 2.43. The highest BCUT2D eigenvalue weighted by Gasteiger charge is 2.39. The van der Waals surface area contributed by atoms with Gasteiger partial charge in [0, 0.05) is 5.39 Å². The number of tetrazole rings is 1. The summed E-state index contributed by atoms with van der Waals surface area (Å²) in [5, 5.41) is 11.5. The second-order valence-corrected chi connectivity index (χ2v) is 8.28. The van der Waals surface area contributed by atoms with E-state index in [0.29, 0.717) is 6.07 Å². The number of alkyl halides is 6. The fourth-order valence-electron chi connectivity index (χ4n) is 3.37. The van der Waals surface area contributed by atoms with Crippen LogP contribution in [0.4, 0.5) is 26.3 Å². The molecule has 0 aliphatic rings. The largest absolute Gasteiger partial charge is 0.433 e. The summed E-state index contributed by atoms with van der Waals surface area (Å²) < 4.78 is 82.9. The molecule has 3 rings (SSSR count). The zero-order valence-electron chi connectivity index (χ0n) is 17.3. The number of halogens is 6. The predicted octanol–water partition coefficient (Wildman–Crippen LogP) is 4.66. The van der Waals surface area contributed by atoms with E-state index >= 15 is 0 Å². The molecule has 0 aliphatic carbocycles. The van der Waals surface area contributed by atoms with E-state index in [1.165, 1.54) is 10.7 Å². The van der Waals surface area contributed by atoms with E-state index in [9.17, 15) is 26.3 Å². The minimum atomic E-state index is -4.95. The first-order valence-electron chi connectivity index (χ1n) is 9.15. The van der Waals surface area contributed by atoms with Crippen LogP contribution in [0.5, 0.6) is 0 Å². The minimum absolute atomic E-state index is 0.0336. The molecule has 3 aromatic rings. The molecule has 0 radical (unpaired) electrons. The molecule has 0 amide bonds. The van der Waals surface area contributed by atoms with E-state index in [1.54, 1.807) is 39.8 Å². The van der Waals surface area contributed by atoms with Crippen LogP contribution < -0.4 is 0 Å². The number of hydrogen-bond acceptors (Lipinski definition) is 5. The van der Waals surface area contributed by atoms with Gasteiger partial charge in [-0.15, -0.1) is 5.10 Å². The highest BCUT2D eigenvalue weighted by molar-refractivity contribution is 5.86. The third-order valence-corrected chi connectivity index (χ3v) is 4.65. The van der Waals surface area contributed by atoms with Crippen molar-refractivity contribution in [3.8, 4) is 0 Å². The number of aromatic nitrogens is 5. The standard InChI is InChI=1S/C19H20F6N6/c1-17(2,3)31-16(27-28-29-31)15(30(4)5)11-9-13(19(23,24)25)26-14-10(11)7-6-8-12(14)18(20,21)22/h6-9,15H,1-5H3. The molecule has 2 aromatic heterocycles. The van der Waals surface area contributed by atoms with Crippen molar-refractivity contribution in [2.45, 2.75) is 44.7 Å². The number of benzene rings is 1. The highest BCUT2D eigenvalue weighted by Crippen LogP contribution is 2.41. The maximum absolute atomic E-state index is 13.6. The molecule has 6 nitrogen and oxygen atoms in total. The Morgan fingerprint density at radius 1 is 0.968 bits per heavy atom. The van der Waals surface area contributed by atoms with Crippen molar-refractivity contribution in [3.63, 3.8) is 0 Å². The topological polar surface area (TPSA) is 59.7 Å². The van der Waals surface area contributed by atoms with Crippen LogP contribution in [0.1, 0.15) is 49.5 Å². The van der Waals surface area contributed by atoms with Gasteiger partial charge in [-0.25, -0.2) is 9.67 Å². The predicted molar refractivity (Wildman–Crippen MR) is 100 cm³/mol. The van der Waals surface area contributed by atoms with Crippen LogP contribution in [0.25, 0.3) is 10.9 Å². The molecule has 12 heteroatoms. The molecule has 0 fully saturated rings. The van der Waals surface area contributed by atoms with E-state index in [0.717, 1.165) is 12.1 Å². The van der Waals surface area contributed by atoms with Gasteiger partial charge in [0.25, 0.3) is 0 Å². The molecule has 1 aromatic carbocycles. The molecule has 0 N–H and O–H groups in total. The lowest BCUT2D eigenvalue weighted by Crippen LogP contribution is -2.32. The number of rotatable bonds is 3. The average molecular weight is 446 g/mol. The van der Waals surface area contributed by atoms with Crippen LogP contribution in [-0.4, -0.2) is 44.2 Å². The van der Waals surface area contributed by atoms with Crippen molar-refractivity contribution in [2.75, 3.05) is 14.1 Å². The van der Waals surface area contributed by atoms with Crippen LogP contribution in [0.3, 0.4) is 0 Å². The van der Waals surface area contributed by atoms with Crippen LogP contribution in [0, 0.1) is 0 Å². The first-order valence-corrected chi connectivity index (χ1v) is 9.15. The number of para-hydroxylation sites is 1. The van der Waals surface area contributed by atoms with Gasteiger partial charge in [-0.05, 0) is 63.0 Å². The second-order valence-electron chi connectivity index (χ2n) is 8.28. The van der Waals surface area contributed by atoms with Crippen molar-refractivity contribution in [2.24, 2.45) is 0 Å². The Labute approximate surface area is 173 Å². The van der Waals surface area contributed by atoms with Gasteiger partial charge in [0.1, 0.15) is 5.69 Å². The Bertz CT molecular complexity index is 1090. The number of hydrogen-bond donors (Lipinski definition) is 0. The Morgan fingerprint density at radius 3 is 2.13 bits per heavy atom. The van der Waals surface area contributed by atoms with Crippen molar-refractivity contribution in [3.05, 3.63) is 46.9 Å². The highest BCUT2D eigenvalue weighted by atomic mass is 19.4. The van der Waals surface area contributed by atoms with Crippen LogP contribution in [0.2, 0.25) is 0 Å². The van der Waals surface area contributed by atoms with Crippen LogP contribution >= 0.6 is 0 Å². The van der Waals surface area contributed by atoms with Crippen molar-refractivity contribution < 1.29 is 26.3 Å². The van der Waals surface area contributed by atoms with Gasteiger partial charge in [-0.1, -0.05) is 12.1 Å². The summed E-state index contributed by atoms with van der Waals surface area (Å²) in [5.74, 6) is 0.190. The van der Waals surface area contributed by atoms with Crippen molar-refractivity contribution in [1.29, 1.82) is 0 Å². The smallest absolute Gasteiger partial charge is 0.296 e. The lowest BCUT2D eigenvalue weighted by molar-refractivity contribution is -0.142. The van der Waals surface area contributed by atoms with Gasteiger partial charge in [-0.3, -0.25) is 4.90 Å². The molecule has 1 unspecified atom stereocenters. The van der Waals surface area contributed by atoms with E-state index in [1.807, 2.05) is 0 Å². The quantitative estimate of drug-likeness (QED) is 0.548. The molecule has 0 bridgehead atoms. The van der Waals surface area contributed by atoms with Gasteiger partial charge < -0.3 is 0 Å². The number of pyridine rings is 1. The third-order valence-electron chi connectivity index (χ3n) is 4.65. The zero-order chi connectivity index (χ0) is 23.4. The molecule has 0 spiro atoms. The van der Waals surface area contributed by atoms with E-state index in [4.69, 9.17) is 0 Å². The summed E-state index contributed by atoms with van der Waals surface area (Å²) in [6.07, 6.45) is -9.83. The summed E-state index contributed by atoms with van der Waals surface area (Å²) in [6.45, 7) is 5.40. The third kappa shape index (κ3) is 4.34. The first kappa shape index (κ1) is 22.9. The van der Waals surface area contributed by atoms with Gasteiger partial charge in [0.15, 0.2) is 5.82 Å². The molecule has 168 valence electrons. The minimum Gasteiger partial charge on any atom is -0.296 e. The molecular formula is C19H20F6N6. The SMILES string of the molecule is CN(C)C(c1cc(C(F)(F)F)nc2c(C(F)(F)F)cccc12)c1nnnn1C(C)(C)C. The lowest BCUT2D eigenvalue weighted by atomic mass is 9.96. The monoisotopic (exact) mass is 446 g/mol. The van der Waals surface area contributed by atoms with Crippen LogP contribution in [-0.2, 0) is 17.9 Å². The molecule has 31 heavy (non-hydrogen) atoms. The van der Waals surface area contributed by atoms with Crippen molar-refractivity contribution >= 4 is 10.9 Å². The maximum Gasteiger partial charge on any atom is 0.433 e. The second kappa shape index (κ2) is 7.43. The molecule has 1 atom stereocenters. The number of nitrogens with zero attached hydrogens (tertiary/aromatic N) is 6. The Hall–Kier alpha value is -2.76. The molecule has 2 heterocycles. The summed E-state index contributed by atoms with van der Waals surface area (Å²) in [4.78, 5) is 4.89. The Morgan fingerprint density at radius 2 is 1.61 bits per heavy atom. The van der Waals surface area contributed by atoms with Crippen LogP contribution in [0.15, 0.2) is 24.3 Å². The van der Waals surface area contributed by atoms with E-state index in [2.05, 4.69) is 20.5 Å². The summed E-state index contributed by atoms with van der Waals surface area (Å²) in [6, 6.07) is 2.96. The fraction of sp³-hybridized carbons (Fsp3) is 0.474. The van der Waals surface area contributed by atoms with E-state index < -0.39 is 40.7 Å². The fourth-order valence-corrected chi connectivity index (χ4v) is 3.37. The molecule has 0 aliphatic heterocycles. The van der Waals surface area contributed by atoms with E-state index in [-0.39, 0.29) is 16.8 Å². The van der Waals surface area contributed by atoms with Crippen molar-refractivity contribution in [1.82, 2.24) is 30.1 Å². The Kier molecular flexibility index (Phi) is 5.49. The molecule has 0 saturated heterocycles. The lowest BCUT2D eigenvalue weighted by Gasteiger charge is -2.29. The number of fused-ring (bicyclic) bond motifs is 1. The van der Waals surface area contributed by atoms with Gasteiger partial charge in [0.05, 0.1) is 22.7 Å².